The van der Waals surface area contributed by atoms with Gasteiger partial charge in [-0.15, -0.1) is 0 Å². The molecule has 96 valence electrons. The van der Waals surface area contributed by atoms with E-state index in [0.717, 1.165) is 18.7 Å². The molecule has 0 saturated carbocycles. The van der Waals surface area contributed by atoms with Gasteiger partial charge >= 0.3 is 0 Å². The van der Waals surface area contributed by atoms with Crippen LogP contribution >= 0.6 is 0 Å². The largest absolute Gasteiger partial charge is 0.396 e. The van der Waals surface area contributed by atoms with Gasteiger partial charge in [0.15, 0.2) is 0 Å². The lowest BCUT2D eigenvalue weighted by atomic mass is 9.88. The third-order valence-electron chi connectivity index (χ3n) is 3.34. The van der Waals surface area contributed by atoms with E-state index in [1.165, 1.54) is 5.69 Å². The van der Waals surface area contributed by atoms with E-state index in [4.69, 9.17) is 0 Å². The lowest BCUT2D eigenvalue weighted by Crippen LogP contribution is -2.29. The first-order chi connectivity index (χ1) is 8.00. The third-order valence-corrected chi connectivity index (χ3v) is 3.34. The summed E-state index contributed by atoms with van der Waals surface area (Å²) >= 11 is 0. The molecule has 1 aromatic carbocycles. The number of benzene rings is 1. The predicted octanol–water partition coefficient (Wildman–Crippen LogP) is 2.57. The Bertz CT molecular complexity index is 329. The summed E-state index contributed by atoms with van der Waals surface area (Å²) < 4.78 is 0. The van der Waals surface area contributed by atoms with Crippen LogP contribution in [0.3, 0.4) is 0 Å². The fraction of sp³-hybridized carbons (Fsp3) is 0.571. The van der Waals surface area contributed by atoms with Crippen LogP contribution < -0.4 is 10.2 Å². The molecule has 0 aliphatic carbocycles. The fourth-order valence-electron chi connectivity index (χ4n) is 1.49. The number of nitrogens with one attached hydrogen (secondary N) is 1. The third kappa shape index (κ3) is 3.93. The highest BCUT2D eigenvalue weighted by atomic mass is 16.3. The Morgan fingerprint density at radius 2 is 1.82 bits per heavy atom. The number of nitrogens with zero attached hydrogens (tertiary/aromatic N) is 1. The van der Waals surface area contributed by atoms with Crippen molar-refractivity contribution in [2.45, 2.75) is 20.3 Å². The van der Waals surface area contributed by atoms with Crippen molar-refractivity contribution in [3.63, 3.8) is 0 Å². The molecule has 0 radical (unpaired) electrons. The number of hydrogen-bond acceptors (Lipinski definition) is 3. The zero-order valence-corrected chi connectivity index (χ0v) is 11.3. The highest BCUT2D eigenvalue weighted by Gasteiger charge is 2.20. The molecule has 0 amide bonds. The number of hydrogen-bond donors (Lipinski definition) is 2. The summed E-state index contributed by atoms with van der Waals surface area (Å²) in [6.45, 7) is 5.20. The molecule has 0 aromatic heterocycles. The van der Waals surface area contributed by atoms with Gasteiger partial charge in [0.2, 0.25) is 0 Å². The fourth-order valence-corrected chi connectivity index (χ4v) is 1.49. The van der Waals surface area contributed by atoms with Crippen molar-refractivity contribution >= 4 is 11.4 Å². The van der Waals surface area contributed by atoms with E-state index < -0.39 is 0 Å². The number of aliphatic hydroxyl groups is 1. The summed E-state index contributed by atoms with van der Waals surface area (Å²) in [5.41, 5.74) is 2.25. The molecule has 0 fully saturated rings. The molecular formula is C14H24N2O. The maximum Gasteiger partial charge on any atom is 0.0501 e. The average Bonchev–Trinajstić information content (AvgIpc) is 2.36. The Morgan fingerprint density at radius 1 is 1.24 bits per heavy atom. The second-order valence-electron chi connectivity index (χ2n) is 5.12. The molecular weight excluding hydrogens is 212 g/mol. The van der Waals surface area contributed by atoms with Crippen molar-refractivity contribution < 1.29 is 5.11 Å². The van der Waals surface area contributed by atoms with Gasteiger partial charge in [-0.1, -0.05) is 13.8 Å². The zero-order chi connectivity index (χ0) is 12.9. The van der Waals surface area contributed by atoms with Crippen molar-refractivity contribution in [1.29, 1.82) is 0 Å². The Kier molecular flexibility index (Phi) is 4.82. The van der Waals surface area contributed by atoms with Crippen LogP contribution in [-0.4, -0.2) is 32.4 Å². The van der Waals surface area contributed by atoms with Crippen LogP contribution in [0.1, 0.15) is 20.3 Å². The normalized spacial score (nSPS) is 14.2. The van der Waals surface area contributed by atoms with E-state index >= 15 is 0 Å². The maximum atomic E-state index is 9.33. The number of anilines is 2. The molecule has 0 heterocycles. The molecule has 1 rings (SSSR count). The topological polar surface area (TPSA) is 35.5 Å². The minimum absolute atomic E-state index is 0.0414. The first-order valence-electron chi connectivity index (χ1n) is 6.13. The van der Waals surface area contributed by atoms with Gasteiger partial charge in [-0.2, -0.15) is 0 Å². The van der Waals surface area contributed by atoms with Crippen LogP contribution in [-0.2, 0) is 0 Å². The second-order valence-corrected chi connectivity index (χ2v) is 5.12. The molecule has 3 heteroatoms. The first kappa shape index (κ1) is 13.8. The van der Waals surface area contributed by atoms with Gasteiger partial charge in [0.05, 0.1) is 6.61 Å². The average molecular weight is 236 g/mol. The van der Waals surface area contributed by atoms with Crippen LogP contribution in [0.15, 0.2) is 24.3 Å². The molecule has 1 unspecified atom stereocenters. The molecule has 1 aromatic rings. The molecule has 3 nitrogen and oxygen atoms in total. The predicted molar refractivity (Wildman–Crippen MR) is 74.7 cm³/mol. The highest BCUT2D eigenvalue weighted by Crippen LogP contribution is 2.22. The van der Waals surface area contributed by atoms with E-state index in [2.05, 4.69) is 48.3 Å². The standard InChI is InChI=1S/C14H24N2O/c1-5-14(2,11-17)10-15-12-6-8-13(9-7-12)16(3)4/h6-9,15,17H,5,10-11H2,1-4H3. The lowest BCUT2D eigenvalue weighted by Gasteiger charge is -2.26. The van der Waals surface area contributed by atoms with Crippen molar-refractivity contribution in [2.24, 2.45) is 5.41 Å². The van der Waals surface area contributed by atoms with E-state index in [1.54, 1.807) is 0 Å². The van der Waals surface area contributed by atoms with Gasteiger partial charge in [0.25, 0.3) is 0 Å². The Labute approximate surface area is 104 Å². The highest BCUT2D eigenvalue weighted by molar-refractivity contribution is 5.54. The summed E-state index contributed by atoms with van der Waals surface area (Å²) in [4.78, 5) is 2.08. The Hall–Kier alpha value is -1.22. The summed E-state index contributed by atoms with van der Waals surface area (Å²) in [6.07, 6.45) is 0.965. The van der Waals surface area contributed by atoms with Gasteiger partial charge in [-0.25, -0.2) is 0 Å². The number of aliphatic hydroxyl groups excluding tert-OH is 1. The lowest BCUT2D eigenvalue weighted by molar-refractivity contribution is 0.149. The summed E-state index contributed by atoms with van der Waals surface area (Å²) in [6, 6.07) is 8.32. The van der Waals surface area contributed by atoms with Crippen LogP contribution in [0.2, 0.25) is 0 Å². The van der Waals surface area contributed by atoms with Gasteiger partial charge in [-0.3, -0.25) is 0 Å². The molecule has 17 heavy (non-hydrogen) atoms. The van der Waals surface area contributed by atoms with E-state index in [1.807, 2.05) is 14.1 Å². The second kappa shape index (κ2) is 5.92. The smallest absolute Gasteiger partial charge is 0.0501 e. The maximum absolute atomic E-state index is 9.33. The SMILES string of the molecule is CCC(C)(CO)CNc1ccc(N(C)C)cc1. The molecule has 0 aliphatic rings. The zero-order valence-electron chi connectivity index (χ0n) is 11.3. The van der Waals surface area contributed by atoms with E-state index in [-0.39, 0.29) is 12.0 Å². The minimum Gasteiger partial charge on any atom is -0.396 e. The molecule has 0 spiro atoms. The first-order valence-corrected chi connectivity index (χ1v) is 6.13. The van der Waals surface area contributed by atoms with Gasteiger partial charge in [-0.05, 0) is 30.7 Å². The summed E-state index contributed by atoms with van der Waals surface area (Å²) in [5, 5.41) is 12.7. The van der Waals surface area contributed by atoms with Crippen molar-refractivity contribution in [3.05, 3.63) is 24.3 Å². The summed E-state index contributed by atoms with van der Waals surface area (Å²) in [5.74, 6) is 0. The van der Waals surface area contributed by atoms with E-state index in [0.29, 0.717) is 0 Å². The molecule has 0 saturated heterocycles. The van der Waals surface area contributed by atoms with Crippen LogP contribution in [0.5, 0.6) is 0 Å². The molecule has 2 N–H and O–H groups in total. The van der Waals surface area contributed by atoms with Crippen LogP contribution in [0.4, 0.5) is 11.4 Å². The number of rotatable bonds is 6. The monoisotopic (exact) mass is 236 g/mol. The van der Waals surface area contributed by atoms with Crippen molar-refractivity contribution in [2.75, 3.05) is 37.5 Å². The van der Waals surface area contributed by atoms with Crippen LogP contribution in [0, 0.1) is 5.41 Å². The summed E-state index contributed by atoms with van der Waals surface area (Å²) in [7, 11) is 4.06. The van der Waals surface area contributed by atoms with Crippen molar-refractivity contribution in [3.8, 4) is 0 Å². The molecule has 0 bridgehead atoms. The van der Waals surface area contributed by atoms with Gasteiger partial charge < -0.3 is 15.3 Å². The van der Waals surface area contributed by atoms with Crippen LogP contribution in [0.25, 0.3) is 0 Å². The molecule has 1 atom stereocenters. The quantitative estimate of drug-likeness (QED) is 0.797. The Balaban J connectivity index is 2.58. The Morgan fingerprint density at radius 3 is 2.24 bits per heavy atom. The van der Waals surface area contributed by atoms with Gasteiger partial charge in [0.1, 0.15) is 0 Å². The van der Waals surface area contributed by atoms with E-state index in [9.17, 15) is 5.11 Å². The van der Waals surface area contributed by atoms with Gasteiger partial charge in [0, 0.05) is 37.4 Å². The minimum atomic E-state index is -0.0414. The van der Waals surface area contributed by atoms with Crippen molar-refractivity contribution in [1.82, 2.24) is 0 Å². The molecule has 0 aliphatic heterocycles.